The van der Waals surface area contributed by atoms with Gasteiger partial charge in [0.25, 0.3) is 11.4 Å². The summed E-state index contributed by atoms with van der Waals surface area (Å²) in [4.78, 5) is 11.9. The molecule has 0 amide bonds. The summed E-state index contributed by atoms with van der Waals surface area (Å²) in [5.41, 5.74) is -0.344. The highest BCUT2D eigenvalue weighted by molar-refractivity contribution is 5.23. The van der Waals surface area contributed by atoms with Crippen LogP contribution < -0.4 is 4.43 Å². The standard InChI is InChI=1S/C10H14N2O5/c1-5-6(4-13)12(17)10-8(15)3-2-7(14)9(10)11(5)16/h7-8,13-15H,2-4H2,1H3. The van der Waals surface area contributed by atoms with E-state index in [9.17, 15) is 20.3 Å². The van der Waals surface area contributed by atoms with Crippen LogP contribution >= 0.6 is 0 Å². The van der Waals surface area contributed by atoms with Gasteiger partial charge in [-0.1, -0.05) is 0 Å². The molecule has 7 heteroatoms. The Morgan fingerprint density at radius 3 is 2.59 bits per heavy atom. The fourth-order valence-electron chi connectivity index (χ4n) is 2.18. The van der Waals surface area contributed by atoms with Crippen molar-refractivity contribution < 1.29 is 19.7 Å². The van der Waals surface area contributed by atoms with Crippen LogP contribution in [0.2, 0.25) is 0 Å². The minimum Gasteiger partial charge on any atom is -0.805 e. The Kier molecular flexibility index (Phi) is 2.90. The molecule has 1 heterocycles. The summed E-state index contributed by atoms with van der Waals surface area (Å²) in [6.45, 7) is 0.800. The van der Waals surface area contributed by atoms with E-state index in [1.165, 1.54) is 6.92 Å². The number of aliphatic hydroxyl groups is 3. The van der Waals surface area contributed by atoms with Crippen molar-refractivity contribution in [1.29, 1.82) is 0 Å². The van der Waals surface area contributed by atoms with Gasteiger partial charge in [0, 0.05) is 4.91 Å². The second-order valence-electron chi connectivity index (χ2n) is 4.16. The lowest BCUT2D eigenvalue weighted by Crippen LogP contribution is -2.38. The molecule has 0 saturated carbocycles. The minimum atomic E-state index is -1.09. The molecule has 0 bridgehead atoms. The molecular weight excluding hydrogens is 228 g/mol. The first-order chi connectivity index (χ1) is 7.99. The van der Waals surface area contributed by atoms with Crippen molar-refractivity contribution >= 4 is 0 Å². The van der Waals surface area contributed by atoms with E-state index in [1.807, 2.05) is 0 Å². The molecule has 0 aromatic carbocycles. The summed E-state index contributed by atoms with van der Waals surface area (Å²) in [5.74, 6) is 0. The van der Waals surface area contributed by atoms with Crippen molar-refractivity contribution in [3.8, 4) is 0 Å². The number of rotatable bonds is 1. The average Bonchev–Trinajstić information content (AvgIpc) is 2.30. The molecule has 1 aliphatic carbocycles. The van der Waals surface area contributed by atoms with E-state index >= 15 is 0 Å². The second-order valence-corrected chi connectivity index (χ2v) is 4.16. The predicted octanol–water partition coefficient (Wildman–Crippen LogP) is -0.590. The molecule has 3 N–H and O–H groups in total. The normalized spacial score (nSPS) is 23.5. The van der Waals surface area contributed by atoms with Crippen molar-refractivity contribution in [3.63, 3.8) is 0 Å². The Balaban J connectivity index is 2.83. The number of aliphatic hydroxyl groups excluding tert-OH is 3. The molecule has 7 nitrogen and oxygen atoms in total. The fraction of sp³-hybridized carbons (Fsp3) is 0.600. The third kappa shape index (κ3) is 1.63. The monoisotopic (exact) mass is 242 g/mol. The van der Waals surface area contributed by atoms with Gasteiger partial charge in [0.2, 0.25) is 0 Å². The third-order valence-corrected chi connectivity index (χ3v) is 3.16. The maximum atomic E-state index is 11.9. The number of aromatic nitrogens is 2. The highest BCUT2D eigenvalue weighted by Crippen LogP contribution is 2.34. The van der Waals surface area contributed by atoms with Crippen LogP contribution in [-0.4, -0.2) is 20.0 Å². The zero-order valence-electron chi connectivity index (χ0n) is 9.33. The molecule has 94 valence electrons. The molecule has 0 fully saturated rings. The summed E-state index contributed by atoms with van der Waals surface area (Å²) in [5, 5.41) is 40.4. The van der Waals surface area contributed by atoms with Gasteiger partial charge in [-0.3, -0.25) is 0 Å². The van der Waals surface area contributed by atoms with Crippen LogP contribution in [0.25, 0.3) is 0 Å². The summed E-state index contributed by atoms with van der Waals surface area (Å²) in [6, 6.07) is 0. The Bertz CT molecular complexity index is 510. The zero-order chi connectivity index (χ0) is 12.7. The van der Waals surface area contributed by atoms with E-state index in [-0.39, 0.29) is 35.6 Å². The van der Waals surface area contributed by atoms with Crippen LogP contribution in [0.3, 0.4) is 0 Å². The van der Waals surface area contributed by atoms with Gasteiger partial charge < -0.3 is 25.3 Å². The van der Waals surface area contributed by atoms with Gasteiger partial charge in [0.15, 0.2) is 0 Å². The molecule has 0 radical (unpaired) electrons. The molecule has 1 aromatic heterocycles. The number of hydrogen-bond acceptors (Lipinski definition) is 5. The average molecular weight is 242 g/mol. The summed E-state index contributed by atoms with van der Waals surface area (Å²) in [7, 11) is 0. The summed E-state index contributed by atoms with van der Waals surface area (Å²) in [6.07, 6.45) is -1.70. The summed E-state index contributed by atoms with van der Waals surface area (Å²) < 4.78 is 0.772. The van der Waals surface area contributed by atoms with Crippen molar-refractivity contribution in [2.24, 2.45) is 0 Å². The van der Waals surface area contributed by atoms with Crippen LogP contribution in [0, 0.1) is 17.0 Å². The maximum Gasteiger partial charge on any atom is 0.289 e. The Morgan fingerprint density at radius 2 is 2.00 bits per heavy atom. The lowest BCUT2D eigenvalue weighted by atomic mass is 9.94. The van der Waals surface area contributed by atoms with Crippen LogP contribution in [0.15, 0.2) is 0 Å². The predicted molar refractivity (Wildman–Crippen MR) is 56.4 cm³/mol. The molecule has 0 saturated heterocycles. The van der Waals surface area contributed by atoms with Gasteiger partial charge in [-0.25, -0.2) is 0 Å². The first-order valence-corrected chi connectivity index (χ1v) is 5.34. The van der Waals surface area contributed by atoms with Crippen LogP contribution in [0.4, 0.5) is 0 Å². The van der Waals surface area contributed by atoms with Crippen LogP contribution in [0.5, 0.6) is 0 Å². The third-order valence-electron chi connectivity index (χ3n) is 3.16. The quantitative estimate of drug-likeness (QED) is 0.570. The molecule has 1 aliphatic rings. The Labute approximate surface area is 96.8 Å². The molecule has 17 heavy (non-hydrogen) atoms. The van der Waals surface area contributed by atoms with Crippen molar-refractivity contribution in [2.45, 2.75) is 38.6 Å². The topological polar surface area (TPSA) is 112 Å². The van der Waals surface area contributed by atoms with Gasteiger partial charge >= 0.3 is 0 Å². The Morgan fingerprint density at radius 1 is 1.41 bits per heavy atom. The molecule has 1 aromatic rings. The first kappa shape index (κ1) is 12.0. The van der Waals surface area contributed by atoms with Crippen LogP contribution in [0.1, 0.15) is 47.8 Å². The summed E-state index contributed by atoms with van der Waals surface area (Å²) >= 11 is 0. The van der Waals surface area contributed by atoms with Crippen molar-refractivity contribution in [1.82, 2.24) is 4.73 Å². The number of hydrogen-bond donors (Lipinski definition) is 3. The van der Waals surface area contributed by atoms with E-state index in [0.29, 0.717) is 9.16 Å². The van der Waals surface area contributed by atoms with Crippen molar-refractivity contribution in [2.75, 3.05) is 0 Å². The van der Waals surface area contributed by atoms with E-state index in [4.69, 9.17) is 5.11 Å². The zero-order valence-corrected chi connectivity index (χ0v) is 9.33. The molecule has 2 atom stereocenters. The highest BCUT2D eigenvalue weighted by atomic mass is 16.5. The molecule has 0 spiro atoms. The van der Waals surface area contributed by atoms with Gasteiger partial charge in [-0.05, 0) is 19.8 Å². The number of fused-ring (bicyclic) bond motifs is 1. The molecule has 2 unspecified atom stereocenters. The van der Waals surface area contributed by atoms with E-state index in [1.54, 1.807) is 0 Å². The first-order valence-electron chi connectivity index (χ1n) is 5.34. The number of nitrogens with zero attached hydrogens (tertiary/aromatic N) is 2. The molecule has 0 aliphatic heterocycles. The second kappa shape index (κ2) is 4.10. The van der Waals surface area contributed by atoms with Crippen LogP contribution in [-0.2, 0) is 6.61 Å². The van der Waals surface area contributed by atoms with E-state index in [2.05, 4.69) is 0 Å². The highest BCUT2D eigenvalue weighted by Gasteiger charge is 2.37. The van der Waals surface area contributed by atoms with Gasteiger partial charge in [-0.15, -0.1) is 0 Å². The Hall–Kier alpha value is -1.44. The van der Waals surface area contributed by atoms with Crippen molar-refractivity contribution in [3.05, 3.63) is 32.9 Å². The smallest absolute Gasteiger partial charge is 0.289 e. The SMILES string of the molecule is Cc1c(CO)[n+](=O)c2c(n1[O-])C(O)CCC2O. The lowest BCUT2D eigenvalue weighted by molar-refractivity contribution is -0.527. The minimum absolute atomic E-state index is 0.0365. The van der Waals surface area contributed by atoms with Gasteiger partial charge in [0.05, 0.1) is 10.1 Å². The van der Waals surface area contributed by atoms with E-state index in [0.717, 1.165) is 0 Å². The van der Waals surface area contributed by atoms with Gasteiger partial charge in [-0.2, -0.15) is 0 Å². The lowest BCUT2D eigenvalue weighted by Gasteiger charge is -2.28. The van der Waals surface area contributed by atoms with Gasteiger partial charge in [0.1, 0.15) is 24.5 Å². The van der Waals surface area contributed by atoms with E-state index < -0.39 is 18.8 Å². The fourth-order valence-corrected chi connectivity index (χ4v) is 2.18. The molecular formula is C10H14N2O5. The largest absolute Gasteiger partial charge is 0.805 e. The molecule has 2 rings (SSSR count). The maximum absolute atomic E-state index is 11.9.